The number of rotatable bonds is 13. The first kappa shape index (κ1) is 35.1. The largest absolute Gasteiger partial charge is 0.508 e. The van der Waals surface area contributed by atoms with E-state index in [4.69, 9.17) is 10.5 Å². The quantitative estimate of drug-likeness (QED) is 0.178. The van der Waals surface area contributed by atoms with Gasteiger partial charge < -0.3 is 36.1 Å². The monoisotopic (exact) mass is 621 g/mol. The lowest BCUT2D eigenvalue weighted by Gasteiger charge is -2.37. The van der Waals surface area contributed by atoms with Gasteiger partial charge in [-0.2, -0.15) is 0 Å². The van der Waals surface area contributed by atoms with Crippen LogP contribution in [0.4, 0.5) is 9.59 Å². The van der Waals surface area contributed by atoms with Gasteiger partial charge in [0.25, 0.3) is 5.91 Å². The predicted octanol–water partition coefficient (Wildman–Crippen LogP) is 2.25. The van der Waals surface area contributed by atoms with Crippen molar-refractivity contribution >= 4 is 35.7 Å². The smallest absolute Gasteiger partial charge is 0.438 e. The average molecular weight is 622 g/mol. The maximum atomic E-state index is 14.2. The summed E-state index contributed by atoms with van der Waals surface area (Å²) in [5.74, 6) is -2.67. The van der Waals surface area contributed by atoms with E-state index >= 15 is 0 Å². The van der Waals surface area contributed by atoms with Gasteiger partial charge in [-0.05, 0) is 54.8 Å². The summed E-state index contributed by atoms with van der Waals surface area (Å²) in [6.07, 6.45) is 5.65. The highest BCUT2D eigenvalue weighted by molar-refractivity contribution is 6.37. The summed E-state index contributed by atoms with van der Waals surface area (Å²) in [5, 5.41) is 8.50. The summed E-state index contributed by atoms with van der Waals surface area (Å²) in [6.45, 7) is 9.66. The minimum Gasteiger partial charge on any atom is -0.438 e. The number of ether oxygens (including phenoxy) is 2. The number of nitrogens with zero attached hydrogens (tertiary/aromatic N) is 1. The zero-order chi connectivity index (χ0) is 32.8. The number of urea groups is 1. The van der Waals surface area contributed by atoms with Gasteiger partial charge in [-0.15, -0.1) is 0 Å². The van der Waals surface area contributed by atoms with Crippen molar-refractivity contribution in [1.29, 1.82) is 0 Å². The van der Waals surface area contributed by atoms with Gasteiger partial charge in [0.15, 0.2) is 0 Å². The van der Waals surface area contributed by atoms with Crippen LogP contribution in [0.1, 0.15) is 86.0 Å². The molecule has 2 saturated carbocycles. The summed E-state index contributed by atoms with van der Waals surface area (Å²) >= 11 is 0. The van der Waals surface area contributed by atoms with Crippen LogP contribution in [-0.2, 0) is 28.7 Å². The second-order valence-electron chi connectivity index (χ2n) is 14.0. The molecule has 3 fully saturated rings. The Morgan fingerprint density at radius 3 is 2.09 bits per heavy atom. The molecule has 1 unspecified atom stereocenters. The molecule has 3 aliphatic rings. The molecule has 1 aliphatic heterocycles. The second kappa shape index (κ2) is 15.1. The fourth-order valence-electron chi connectivity index (χ4n) is 6.47. The van der Waals surface area contributed by atoms with Crippen LogP contribution in [0, 0.1) is 29.1 Å². The number of hydrogen-bond donors (Lipinski definition) is 4. The van der Waals surface area contributed by atoms with Crippen LogP contribution < -0.4 is 21.7 Å². The van der Waals surface area contributed by atoms with E-state index in [1.165, 1.54) is 12.0 Å². The maximum Gasteiger partial charge on any atom is 0.508 e. The molecule has 5 atom stereocenters. The van der Waals surface area contributed by atoms with Crippen LogP contribution in [0.15, 0.2) is 0 Å². The molecule has 1 saturated heterocycles. The van der Waals surface area contributed by atoms with Crippen molar-refractivity contribution in [2.45, 2.75) is 110 Å². The highest BCUT2D eigenvalue weighted by Crippen LogP contribution is 2.36. The molecule has 3 rings (SSSR count). The first-order valence-corrected chi connectivity index (χ1v) is 15.9. The number of carbonyl (C=O) groups excluding carboxylic acids is 6. The molecule has 13 heteroatoms. The van der Waals surface area contributed by atoms with E-state index in [1.807, 2.05) is 34.6 Å². The lowest BCUT2D eigenvalue weighted by Crippen LogP contribution is -2.61. The normalized spacial score (nSPS) is 22.6. The minimum absolute atomic E-state index is 0.0450. The number of ketones is 1. The molecule has 0 aromatic carbocycles. The molecule has 0 bridgehead atoms. The highest BCUT2D eigenvalue weighted by Gasteiger charge is 2.48. The van der Waals surface area contributed by atoms with Crippen molar-refractivity contribution in [1.82, 2.24) is 20.9 Å². The van der Waals surface area contributed by atoms with E-state index in [0.29, 0.717) is 19.4 Å². The van der Waals surface area contributed by atoms with Crippen molar-refractivity contribution in [3.8, 4) is 0 Å². The van der Waals surface area contributed by atoms with E-state index in [-0.39, 0.29) is 30.3 Å². The van der Waals surface area contributed by atoms with E-state index in [9.17, 15) is 28.8 Å². The zero-order valence-electron chi connectivity index (χ0n) is 27.0. The molecule has 0 aromatic rings. The van der Waals surface area contributed by atoms with Gasteiger partial charge in [0.05, 0.1) is 19.2 Å². The number of primary amides is 1. The van der Waals surface area contributed by atoms with Crippen molar-refractivity contribution in [3.05, 3.63) is 0 Å². The Balaban J connectivity index is 1.79. The number of amides is 5. The average Bonchev–Trinajstić information content (AvgIpc) is 3.41. The second-order valence-corrected chi connectivity index (χ2v) is 14.0. The molecule has 44 heavy (non-hydrogen) atoms. The van der Waals surface area contributed by atoms with Crippen molar-refractivity contribution in [2.24, 2.45) is 34.8 Å². The van der Waals surface area contributed by atoms with Crippen molar-refractivity contribution < 1.29 is 38.2 Å². The molecule has 13 nitrogen and oxygen atoms in total. The zero-order valence-corrected chi connectivity index (χ0v) is 27.0. The Morgan fingerprint density at radius 2 is 1.57 bits per heavy atom. The van der Waals surface area contributed by atoms with E-state index in [0.717, 1.165) is 38.5 Å². The Hall–Kier alpha value is -3.38. The van der Waals surface area contributed by atoms with Crippen LogP contribution in [0.3, 0.4) is 0 Å². The Bertz CT molecular complexity index is 1080. The van der Waals surface area contributed by atoms with Gasteiger partial charge >= 0.3 is 12.2 Å². The van der Waals surface area contributed by atoms with Gasteiger partial charge in [0.1, 0.15) is 18.7 Å². The molecule has 0 spiro atoms. The summed E-state index contributed by atoms with van der Waals surface area (Å²) in [7, 11) is 1.21. The molecule has 1 heterocycles. The first-order chi connectivity index (χ1) is 20.6. The number of Topliss-reactive ketones (excluding diaryl/α,β-unsaturated/α-hetero) is 1. The number of likely N-dealkylation sites (tertiary alicyclic amines) is 1. The van der Waals surface area contributed by atoms with Crippen LogP contribution in [0.5, 0.6) is 0 Å². The van der Waals surface area contributed by atoms with Crippen LogP contribution in [0.25, 0.3) is 0 Å². The molecule has 5 amide bonds. The molecule has 0 radical (unpaired) electrons. The fraction of sp³-hybridized carbons (Fsp3) is 0.806. The van der Waals surface area contributed by atoms with Gasteiger partial charge in [-0.1, -0.05) is 60.3 Å². The van der Waals surface area contributed by atoms with Crippen molar-refractivity contribution in [3.63, 3.8) is 0 Å². The van der Waals surface area contributed by atoms with Crippen LogP contribution >= 0.6 is 0 Å². The lowest BCUT2D eigenvalue weighted by atomic mass is 9.84. The van der Waals surface area contributed by atoms with E-state index in [2.05, 4.69) is 20.7 Å². The molecule has 2 aliphatic carbocycles. The van der Waals surface area contributed by atoms with E-state index < -0.39 is 65.3 Å². The third-order valence-electron chi connectivity index (χ3n) is 9.22. The van der Waals surface area contributed by atoms with Gasteiger partial charge in [0, 0.05) is 6.54 Å². The first-order valence-electron chi connectivity index (χ1n) is 15.9. The van der Waals surface area contributed by atoms with Crippen LogP contribution in [-0.4, -0.2) is 85.0 Å². The predicted molar refractivity (Wildman–Crippen MR) is 161 cm³/mol. The van der Waals surface area contributed by atoms with Crippen molar-refractivity contribution in [2.75, 3.05) is 20.3 Å². The lowest BCUT2D eigenvalue weighted by molar-refractivity contribution is -0.144. The third-order valence-corrected chi connectivity index (χ3v) is 9.22. The number of nitrogens with two attached hydrogens (primary N) is 1. The van der Waals surface area contributed by atoms with Gasteiger partial charge in [-0.25, -0.2) is 9.59 Å². The molecule has 5 N–H and O–H groups in total. The van der Waals surface area contributed by atoms with Crippen LogP contribution in [0.2, 0.25) is 0 Å². The molecule has 248 valence electrons. The molecular weight excluding hydrogens is 570 g/mol. The fourth-order valence-corrected chi connectivity index (χ4v) is 6.47. The van der Waals surface area contributed by atoms with Gasteiger partial charge in [0.2, 0.25) is 17.6 Å². The highest BCUT2D eigenvalue weighted by atomic mass is 16.7. The molecular formula is C31H51N5O8. The SMILES string of the molecule is COC(=O)OC[C@@H](NC(=O)N[C@H](C(=O)N1CC[C@H](C(C)C)[C@H]1C(=O)NC(CC1CC1)C(=O)C(N)=O)C(C)(C)C)C1CCCC1. The number of methoxy groups -OCH3 is 1. The van der Waals surface area contributed by atoms with E-state index in [1.54, 1.807) is 0 Å². The summed E-state index contributed by atoms with van der Waals surface area (Å²) in [5.41, 5.74) is 4.55. The summed E-state index contributed by atoms with van der Waals surface area (Å²) in [4.78, 5) is 78.8. The topological polar surface area (TPSA) is 186 Å². The number of nitrogens with one attached hydrogen (secondary N) is 3. The summed E-state index contributed by atoms with van der Waals surface area (Å²) < 4.78 is 9.73. The summed E-state index contributed by atoms with van der Waals surface area (Å²) in [6, 6.07) is -3.97. The minimum atomic E-state index is -1.10. The van der Waals surface area contributed by atoms with Gasteiger partial charge in [-0.3, -0.25) is 19.2 Å². The Morgan fingerprint density at radius 1 is 0.932 bits per heavy atom. The number of carbonyl (C=O) groups is 6. The third kappa shape index (κ3) is 9.31. The maximum absolute atomic E-state index is 14.2. The number of hydrogen-bond acceptors (Lipinski definition) is 8. The Labute approximate surface area is 260 Å². The molecule has 0 aromatic heterocycles. The Kier molecular flexibility index (Phi) is 12.0. The standard InChI is InChI=1S/C31H51N5O8/c1-17(2)20-13-14-36(23(20)27(39)33-21(15-18-11-12-18)24(37)26(32)38)28(40)25(31(3,4)5)35-29(41)34-22(16-44-30(42)43-6)19-9-7-8-10-19/h17-23,25H,7-16H2,1-6H3,(H2,32,38)(H,33,39)(H2,34,35,41)/t20-,21?,22-,23+,25-/m1/s1.